The van der Waals surface area contributed by atoms with Gasteiger partial charge in [-0.05, 0) is 49.4 Å². The van der Waals surface area contributed by atoms with Crippen LogP contribution in [0.3, 0.4) is 0 Å². The molecular formula is C18H16N4O3. The lowest BCUT2D eigenvalue weighted by Gasteiger charge is -2.08. The highest BCUT2D eigenvalue weighted by Crippen LogP contribution is 2.14. The van der Waals surface area contributed by atoms with Crippen LogP contribution in [0.2, 0.25) is 0 Å². The Morgan fingerprint density at radius 1 is 1.12 bits per heavy atom. The molecule has 0 unspecified atom stereocenters. The second kappa shape index (κ2) is 7.39. The normalized spacial score (nSPS) is 10.3. The fourth-order valence-corrected chi connectivity index (χ4v) is 2.24. The Labute approximate surface area is 144 Å². The SMILES string of the molecule is CCOC(=O)c1ccc(NC(=O)c2cccc(-n3cncn3)c2)cc1. The topological polar surface area (TPSA) is 86.1 Å². The van der Waals surface area contributed by atoms with Crippen molar-refractivity contribution in [1.82, 2.24) is 14.8 Å². The van der Waals surface area contributed by atoms with Gasteiger partial charge in [0.25, 0.3) is 5.91 Å². The monoisotopic (exact) mass is 336 g/mol. The van der Waals surface area contributed by atoms with E-state index in [2.05, 4.69) is 15.4 Å². The molecule has 2 aromatic carbocycles. The summed E-state index contributed by atoms with van der Waals surface area (Å²) in [4.78, 5) is 27.9. The van der Waals surface area contributed by atoms with Crippen molar-refractivity contribution in [1.29, 1.82) is 0 Å². The van der Waals surface area contributed by atoms with E-state index in [-0.39, 0.29) is 11.9 Å². The molecule has 1 heterocycles. The van der Waals surface area contributed by atoms with Crippen molar-refractivity contribution in [3.63, 3.8) is 0 Å². The number of rotatable bonds is 5. The molecular weight excluding hydrogens is 320 g/mol. The van der Waals surface area contributed by atoms with Gasteiger partial charge in [0.05, 0.1) is 17.9 Å². The number of amides is 1. The summed E-state index contributed by atoms with van der Waals surface area (Å²) in [5.74, 6) is -0.647. The first-order valence-electron chi connectivity index (χ1n) is 7.71. The molecule has 1 N–H and O–H groups in total. The molecule has 1 aromatic heterocycles. The van der Waals surface area contributed by atoms with Crippen LogP contribution in [0.25, 0.3) is 5.69 Å². The minimum Gasteiger partial charge on any atom is -0.462 e. The Morgan fingerprint density at radius 3 is 2.60 bits per heavy atom. The molecule has 0 saturated carbocycles. The number of carbonyl (C=O) groups is 2. The molecule has 0 saturated heterocycles. The number of esters is 1. The predicted octanol–water partition coefficient (Wildman–Crippen LogP) is 2.70. The van der Waals surface area contributed by atoms with Gasteiger partial charge >= 0.3 is 5.97 Å². The lowest BCUT2D eigenvalue weighted by molar-refractivity contribution is 0.0526. The number of benzene rings is 2. The van der Waals surface area contributed by atoms with E-state index in [9.17, 15) is 9.59 Å². The van der Waals surface area contributed by atoms with Gasteiger partial charge < -0.3 is 10.1 Å². The molecule has 0 aliphatic rings. The van der Waals surface area contributed by atoms with Gasteiger partial charge in [-0.1, -0.05) is 6.07 Å². The molecule has 7 heteroatoms. The third kappa shape index (κ3) is 3.89. The van der Waals surface area contributed by atoms with Gasteiger partial charge in [0, 0.05) is 11.3 Å². The molecule has 0 atom stereocenters. The predicted molar refractivity (Wildman–Crippen MR) is 91.7 cm³/mol. The van der Waals surface area contributed by atoms with Gasteiger partial charge in [0.15, 0.2) is 0 Å². The first-order valence-corrected chi connectivity index (χ1v) is 7.71. The van der Waals surface area contributed by atoms with Gasteiger partial charge in [-0.2, -0.15) is 5.10 Å². The summed E-state index contributed by atoms with van der Waals surface area (Å²) in [5, 5.41) is 6.83. The van der Waals surface area contributed by atoms with Crippen LogP contribution in [0.1, 0.15) is 27.6 Å². The first kappa shape index (κ1) is 16.4. The van der Waals surface area contributed by atoms with E-state index < -0.39 is 0 Å². The summed E-state index contributed by atoms with van der Waals surface area (Å²) in [6.45, 7) is 2.07. The van der Waals surface area contributed by atoms with E-state index in [1.807, 2.05) is 6.07 Å². The van der Waals surface area contributed by atoms with E-state index >= 15 is 0 Å². The minimum atomic E-state index is -0.388. The van der Waals surface area contributed by atoms with Crippen LogP contribution >= 0.6 is 0 Å². The zero-order chi connectivity index (χ0) is 17.6. The molecule has 0 aliphatic heterocycles. The molecule has 0 spiro atoms. The lowest BCUT2D eigenvalue weighted by atomic mass is 10.1. The summed E-state index contributed by atoms with van der Waals surface area (Å²) in [6, 6.07) is 13.6. The summed E-state index contributed by atoms with van der Waals surface area (Å²) < 4.78 is 6.50. The first-order chi connectivity index (χ1) is 12.2. The Kier molecular flexibility index (Phi) is 4.84. The summed E-state index contributed by atoms with van der Waals surface area (Å²) in [6.07, 6.45) is 2.99. The molecule has 3 aromatic rings. The highest BCUT2D eigenvalue weighted by atomic mass is 16.5. The lowest BCUT2D eigenvalue weighted by Crippen LogP contribution is -2.12. The molecule has 0 aliphatic carbocycles. The van der Waals surface area contributed by atoms with E-state index in [4.69, 9.17) is 4.74 Å². The fourth-order valence-electron chi connectivity index (χ4n) is 2.24. The smallest absolute Gasteiger partial charge is 0.338 e. The minimum absolute atomic E-state index is 0.258. The Balaban J connectivity index is 1.72. The zero-order valence-corrected chi connectivity index (χ0v) is 13.5. The van der Waals surface area contributed by atoms with E-state index in [1.165, 1.54) is 6.33 Å². The van der Waals surface area contributed by atoms with Crippen LogP contribution < -0.4 is 5.32 Å². The van der Waals surface area contributed by atoms with Gasteiger partial charge in [-0.3, -0.25) is 4.79 Å². The number of nitrogens with one attached hydrogen (secondary N) is 1. The maximum absolute atomic E-state index is 12.4. The standard InChI is InChI=1S/C18H16N4O3/c1-2-25-18(24)13-6-8-15(9-7-13)21-17(23)14-4-3-5-16(10-14)22-12-19-11-20-22/h3-12H,2H2,1H3,(H,21,23). The molecule has 126 valence electrons. The third-order valence-electron chi connectivity index (χ3n) is 3.45. The molecule has 7 nitrogen and oxygen atoms in total. The largest absolute Gasteiger partial charge is 0.462 e. The summed E-state index contributed by atoms with van der Waals surface area (Å²) in [5.41, 5.74) is 2.25. The van der Waals surface area contributed by atoms with Crippen LogP contribution in [0.5, 0.6) is 0 Å². The number of hydrogen-bond donors (Lipinski definition) is 1. The highest BCUT2D eigenvalue weighted by Gasteiger charge is 2.10. The van der Waals surface area contributed by atoms with Crippen molar-refractivity contribution in [3.8, 4) is 5.69 Å². The van der Waals surface area contributed by atoms with E-state index in [0.29, 0.717) is 23.4 Å². The van der Waals surface area contributed by atoms with E-state index in [0.717, 1.165) is 5.69 Å². The van der Waals surface area contributed by atoms with Crippen LogP contribution in [0.15, 0.2) is 61.2 Å². The molecule has 0 radical (unpaired) electrons. The van der Waals surface area contributed by atoms with Gasteiger partial charge in [-0.25, -0.2) is 14.5 Å². The number of carbonyl (C=O) groups excluding carboxylic acids is 2. The van der Waals surface area contributed by atoms with Gasteiger partial charge in [-0.15, -0.1) is 0 Å². The van der Waals surface area contributed by atoms with Crippen LogP contribution in [-0.4, -0.2) is 33.2 Å². The third-order valence-corrected chi connectivity index (χ3v) is 3.45. The Morgan fingerprint density at radius 2 is 1.92 bits per heavy atom. The van der Waals surface area contributed by atoms with E-state index in [1.54, 1.807) is 60.4 Å². The van der Waals surface area contributed by atoms with Crippen molar-refractivity contribution in [2.24, 2.45) is 0 Å². The second-order valence-electron chi connectivity index (χ2n) is 5.14. The molecule has 0 fully saturated rings. The Hall–Kier alpha value is -3.48. The van der Waals surface area contributed by atoms with Crippen LogP contribution in [-0.2, 0) is 4.74 Å². The van der Waals surface area contributed by atoms with Gasteiger partial charge in [0.2, 0.25) is 0 Å². The van der Waals surface area contributed by atoms with Crippen molar-refractivity contribution in [2.75, 3.05) is 11.9 Å². The fraction of sp³-hybridized carbons (Fsp3) is 0.111. The number of hydrogen-bond acceptors (Lipinski definition) is 5. The Bertz CT molecular complexity index is 874. The van der Waals surface area contributed by atoms with Crippen molar-refractivity contribution >= 4 is 17.6 Å². The highest BCUT2D eigenvalue weighted by molar-refractivity contribution is 6.04. The molecule has 3 rings (SSSR count). The number of anilines is 1. The van der Waals surface area contributed by atoms with Crippen LogP contribution in [0, 0.1) is 0 Å². The second-order valence-corrected chi connectivity index (χ2v) is 5.14. The van der Waals surface area contributed by atoms with Crippen molar-refractivity contribution in [2.45, 2.75) is 6.92 Å². The molecule has 25 heavy (non-hydrogen) atoms. The quantitative estimate of drug-likeness (QED) is 0.724. The van der Waals surface area contributed by atoms with Gasteiger partial charge in [0.1, 0.15) is 12.7 Å². The van der Waals surface area contributed by atoms with Crippen LogP contribution in [0.4, 0.5) is 5.69 Å². The number of aromatic nitrogens is 3. The van der Waals surface area contributed by atoms with Crippen molar-refractivity contribution in [3.05, 3.63) is 72.3 Å². The molecule has 0 bridgehead atoms. The molecule has 1 amide bonds. The summed E-state index contributed by atoms with van der Waals surface area (Å²) >= 11 is 0. The number of ether oxygens (including phenoxy) is 1. The summed E-state index contributed by atoms with van der Waals surface area (Å²) in [7, 11) is 0. The van der Waals surface area contributed by atoms with Crippen molar-refractivity contribution < 1.29 is 14.3 Å². The zero-order valence-electron chi connectivity index (χ0n) is 13.5. The number of nitrogens with zero attached hydrogens (tertiary/aromatic N) is 3. The maximum Gasteiger partial charge on any atom is 0.338 e. The average molecular weight is 336 g/mol. The maximum atomic E-state index is 12.4. The average Bonchev–Trinajstić information content (AvgIpc) is 3.17.